The molecule has 174 valence electrons. The van der Waals surface area contributed by atoms with Gasteiger partial charge in [-0.05, 0) is 38.4 Å². The number of aromatic nitrogens is 1. The molecule has 32 heavy (non-hydrogen) atoms. The van der Waals surface area contributed by atoms with Gasteiger partial charge in [-0.2, -0.15) is 0 Å². The number of amides is 2. The van der Waals surface area contributed by atoms with Gasteiger partial charge in [0.1, 0.15) is 16.3 Å². The molecule has 9 nitrogen and oxygen atoms in total. The number of nitrogens with zero attached hydrogens (tertiary/aromatic N) is 2. The molecule has 1 atom stereocenters. The highest BCUT2D eigenvalue weighted by Crippen LogP contribution is 2.28. The number of hydrogen-bond acceptors (Lipinski definition) is 5. The van der Waals surface area contributed by atoms with Crippen LogP contribution in [0.15, 0.2) is 41.4 Å². The van der Waals surface area contributed by atoms with E-state index in [-0.39, 0.29) is 29.1 Å². The van der Waals surface area contributed by atoms with Gasteiger partial charge in [-0.3, -0.25) is 9.59 Å². The number of carbonyl (C=O) groups is 2. The number of sulfonamides is 1. The largest absolute Gasteiger partial charge is 0.483 e. The summed E-state index contributed by atoms with van der Waals surface area (Å²) in [4.78, 5) is 27.1. The third-order valence-corrected chi connectivity index (χ3v) is 6.99. The van der Waals surface area contributed by atoms with E-state index >= 15 is 0 Å². The van der Waals surface area contributed by atoms with E-state index in [1.807, 2.05) is 25.1 Å². The molecule has 0 saturated carbocycles. The van der Waals surface area contributed by atoms with Crippen molar-refractivity contribution in [3.05, 3.63) is 47.8 Å². The first-order valence-corrected chi connectivity index (χ1v) is 12.2. The van der Waals surface area contributed by atoms with Crippen molar-refractivity contribution in [1.82, 2.24) is 19.5 Å². The van der Waals surface area contributed by atoms with E-state index < -0.39 is 15.9 Å². The Labute approximate surface area is 188 Å². The first-order valence-electron chi connectivity index (χ1n) is 10.7. The first-order chi connectivity index (χ1) is 15.3. The van der Waals surface area contributed by atoms with Gasteiger partial charge < -0.3 is 19.5 Å². The number of hydrogen-bond donors (Lipinski definition) is 2. The van der Waals surface area contributed by atoms with Crippen LogP contribution in [-0.2, 0) is 21.9 Å². The van der Waals surface area contributed by atoms with Crippen LogP contribution in [0.2, 0.25) is 0 Å². The molecule has 1 aromatic carbocycles. The average molecular weight is 463 g/mol. The summed E-state index contributed by atoms with van der Waals surface area (Å²) in [6.07, 6.45) is 4.01. The molecule has 0 aliphatic carbocycles. The van der Waals surface area contributed by atoms with Crippen molar-refractivity contribution >= 4 is 21.8 Å². The number of para-hydroxylation sites is 1. The Morgan fingerprint density at radius 3 is 2.53 bits per heavy atom. The molecule has 0 radical (unpaired) electrons. The van der Waals surface area contributed by atoms with Crippen LogP contribution in [-0.4, -0.2) is 56.4 Å². The summed E-state index contributed by atoms with van der Waals surface area (Å²) in [5.41, 5.74) is 0.981. The van der Waals surface area contributed by atoms with Gasteiger partial charge in [0.15, 0.2) is 6.61 Å². The van der Waals surface area contributed by atoms with Gasteiger partial charge in [-0.1, -0.05) is 25.1 Å². The van der Waals surface area contributed by atoms with Crippen LogP contribution < -0.4 is 14.8 Å². The highest BCUT2D eigenvalue weighted by atomic mass is 32.2. The van der Waals surface area contributed by atoms with Crippen LogP contribution in [0.5, 0.6) is 5.75 Å². The maximum atomic E-state index is 12.9. The average Bonchev–Trinajstić information content (AvgIpc) is 3.46. The predicted octanol–water partition coefficient (Wildman–Crippen LogP) is 1.82. The van der Waals surface area contributed by atoms with Crippen molar-refractivity contribution in [1.29, 1.82) is 0 Å². The van der Waals surface area contributed by atoms with Gasteiger partial charge in [-0.15, -0.1) is 0 Å². The lowest BCUT2D eigenvalue weighted by atomic mass is 10.0. The number of ether oxygens (including phenoxy) is 1. The second-order valence-electron chi connectivity index (χ2n) is 7.73. The molecule has 3 rings (SSSR count). The van der Waals surface area contributed by atoms with Crippen LogP contribution in [0.3, 0.4) is 0 Å². The van der Waals surface area contributed by atoms with Crippen LogP contribution in [0.25, 0.3) is 0 Å². The minimum atomic E-state index is -3.66. The van der Waals surface area contributed by atoms with E-state index in [4.69, 9.17) is 4.74 Å². The summed E-state index contributed by atoms with van der Waals surface area (Å²) in [5.74, 6) is 0.0915. The second-order valence-corrected chi connectivity index (χ2v) is 9.61. The molecule has 1 saturated heterocycles. The smallest absolute Gasteiger partial charge is 0.268 e. The number of nitrogens with one attached hydrogen (secondary N) is 2. The van der Waals surface area contributed by atoms with Gasteiger partial charge >= 0.3 is 0 Å². The number of carbonyl (C=O) groups excluding carboxylic acids is 2. The zero-order chi connectivity index (χ0) is 23.3. The van der Waals surface area contributed by atoms with Gasteiger partial charge in [0, 0.05) is 31.9 Å². The highest BCUT2D eigenvalue weighted by molar-refractivity contribution is 7.89. The van der Waals surface area contributed by atoms with Crippen LogP contribution in [0.4, 0.5) is 0 Å². The van der Waals surface area contributed by atoms with Crippen LogP contribution in [0.1, 0.15) is 48.3 Å². The monoisotopic (exact) mass is 462 g/mol. The van der Waals surface area contributed by atoms with Gasteiger partial charge in [0.2, 0.25) is 10.0 Å². The molecule has 0 spiro atoms. The topological polar surface area (TPSA) is 110 Å². The zero-order valence-electron chi connectivity index (χ0n) is 18.6. The Balaban J connectivity index is 1.75. The van der Waals surface area contributed by atoms with Crippen LogP contribution >= 0.6 is 0 Å². The molecule has 1 unspecified atom stereocenters. The van der Waals surface area contributed by atoms with E-state index in [1.54, 1.807) is 18.0 Å². The lowest BCUT2D eigenvalue weighted by molar-refractivity contribution is -0.132. The summed E-state index contributed by atoms with van der Waals surface area (Å²) < 4.78 is 33.7. The zero-order valence-corrected chi connectivity index (χ0v) is 19.4. The molecule has 2 N–H and O–H groups in total. The maximum Gasteiger partial charge on any atom is 0.268 e. The molecular weight excluding hydrogens is 432 g/mol. The van der Waals surface area contributed by atoms with Gasteiger partial charge in [-0.25, -0.2) is 13.1 Å². The van der Waals surface area contributed by atoms with E-state index in [9.17, 15) is 18.0 Å². The fourth-order valence-corrected chi connectivity index (χ4v) is 4.55. The first kappa shape index (κ1) is 23.8. The Kier molecular flexibility index (Phi) is 7.57. The SMILES string of the molecule is CCC(NC(=O)c1cc(S(=O)(=O)NC)cn1C)c1ccccc1OCC(=O)N1CCCC1. The van der Waals surface area contributed by atoms with Crippen molar-refractivity contribution in [3.8, 4) is 5.75 Å². The molecule has 1 aliphatic rings. The van der Waals surface area contributed by atoms with Crippen molar-refractivity contribution in [2.45, 2.75) is 37.1 Å². The molecular formula is C22H30N4O5S. The second kappa shape index (κ2) is 10.2. The summed E-state index contributed by atoms with van der Waals surface area (Å²) in [5, 5.41) is 2.96. The third-order valence-electron chi connectivity index (χ3n) is 5.61. The van der Waals surface area contributed by atoms with Crippen molar-refractivity contribution in [3.63, 3.8) is 0 Å². The quantitative estimate of drug-likeness (QED) is 0.591. The Bertz CT molecular complexity index is 1070. The maximum absolute atomic E-state index is 12.9. The number of benzene rings is 1. The summed E-state index contributed by atoms with van der Waals surface area (Å²) in [6.45, 7) is 3.41. The number of likely N-dealkylation sites (tertiary alicyclic amines) is 1. The van der Waals surface area contributed by atoms with Crippen molar-refractivity contribution in [2.24, 2.45) is 7.05 Å². The minimum Gasteiger partial charge on any atom is -0.483 e. The number of rotatable bonds is 9. The summed E-state index contributed by atoms with van der Waals surface area (Å²) in [7, 11) is -0.719. The fraction of sp³-hybridized carbons (Fsp3) is 0.455. The van der Waals surface area contributed by atoms with E-state index in [2.05, 4.69) is 10.0 Å². The van der Waals surface area contributed by atoms with E-state index in [1.165, 1.54) is 23.9 Å². The predicted molar refractivity (Wildman–Crippen MR) is 120 cm³/mol. The van der Waals surface area contributed by atoms with Crippen molar-refractivity contribution < 1.29 is 22.7 Å². The minimum absolute atomic E-state index is 0.0184. The molecule has 1 aromatic heterocycles. The molecule has 2 aromatic rings. The third kappa shape index (κ3) is 5.31. The normalized spacial score (nSPS) is 14.9. The molecule has 2 heterocycles. The van der Waals surface area contributed by atoms with Crippen molar-refractivity contribution in [2.75, 3.05) is 26.7 Å². The van der Waals surface area contributed by atoms with Gasteiger partial charge in [0.05, 0.1) is 6.04 Å². The molecule has 10 heteroatoms. The molecule has 2 amide bonds. The molecule has 1 aliphatic heterocycles. The molecule has 1 fully saturated rings. The Morgan fingerprint density at radius 2 is 1.88 bits per heavy atom. The summed E-state index contributed by atoms with van der Waals surface area (Å²) >= 11 is 0. The fourth-order valence-electron chi connectivity index (χ4n) is 3.75. The Hall–Kier alpha value is -2.85. The van der Waals surface area contributed by atoms with E-state index in [0.717, 1.165) is 31.5 Å². The van der Waals surface area contributed by atoms with Gasteiger partial charge in [0.25, 0.3) is 11.8 Å². The highest BCUT2D eigenvalue weighted by Gasteiger charge is 2.23. The summed E-state index contributed by atoms with van der Waals surface area (Å²) in [6, 6.07) is 8.26. The van der Waals surface area contributed by atoms with Crippen LogP contribution in [0, 0.1) is 0 Å². The Morgan fingerprint density at radius 1 is 1.19 bits per heavy atom. The standard InChI is InChI=1S/C22H30N4O5S/c1-4-18(24-22(28)19-13-16(14-25(19)3)32(29,30)23-2)17-9-5-6-10-20(17)31-15-21(27)26-11-7-8-12-26/h5-6,9-10,13-14,18,23H,4,7-8,11-12,15H2,1-3H3,(H,24,28). The molecule has 0 bridgehead atoms. The lowest BCUT2D eigenvalue weighted by Gasteiger charge is -2.22. The number of aryl methyl sites for hydroxylation is 1. The lowest BCUT2D eigenvalue weighted by Crippen LogP contribution is -2.33. The van der Waals surface area contributed by atoms with E-state index in [0.29, 0.717) is 12.2 Å².